The zero-order valence-electron chi connectivity index (χ0n) is 20.5. The fraction of sp³-hybridized carbons (Fsp3) is 0.444. The number of guanidine groups is 1. The number of rotatable bonds is 5. The zero-order valence-corrected chi connectivity index (χ0v) is 20.5. The van der Waals surface area contributed by atoms with E-state index >= 15 is 0 Å². The molecule has 1 amide bonds. The molecule has 37 heavy (non-hydrogen) atoms. The minimum atomic E-state index is -1.01. The number of nitrogens with one attached hydrogen (secondary N) is 1. The first-order valence-corrected chi connectivity index (χ1v) is 12.9. The highest BCUT2D eigenvalue weighted by Crippen LogP contribution is 2.45. The molecular formula is C27H31N7O3. The average molecular weight is 502 g/mol. The third-order valence-corrected chi connectivity index (χ3v) is 8.30. The molecule has 0 bridgehead atoms. The van der Waals surface area contributed by atoms with Crippen LogP contribution in [-0.2, 0) is 12.8 Å². The first-order chi connectivity index (χ1) is 17.9. The summed E-state index contributed by atoms with van der Waals surface area (Å²) in [5.74, 6) is 0.198. The number of amidine groups is 1. The highest BCUT2D eigenvalue weighted by molar-refractivity contribution is 5.97. The SMILES string of the molecule is NC1=N[C@H]2C(CC(=O)c3ccccn3)N=C(N)N3CC(NC(=O)c4cccc5c4CCCC5)C(O)[C@]23C1. The quantitative estimate of drug-likeness (QED) is 0.436. The number of pyridine rings is 1. The van der Waals surface area contributed by atoms with Crippen LogP contribution in [0.25, 0.3) is 0 Å². The molecule has 1 aromatic carbocycles. The van der Waals surface area contributed by atoms with E-state index in [0.717, 1.165) is 31.2 Å². The van der Waals surface area contributed by atoms with Gasteiger partial charge >= 0.3 is 0 Å². The first kappa shape index (κ1) is 23.6. The summed E-state index contributed by atoms with van der Waals surface area (Å²) in [6.45, 7) is 0.275. The fourth-order valence-electron chi connectivity index (χ4n) is 6.62. The smallest absolute Gasteiger partial charge is 0.251 e. The molecule has 0 radical (unpaired) electrons. The van der Waals surface area contributed by atoms with Crippen LogP contribution in [0.15, 0.2) is 52.6 Å². The Morgan fingerprint density at radius 3 is 2.76 bits per heavy atom. The molecule has 4 aliphatic rings. The summed E-state index contributed by atoms with van der Waals surface area (Å²) in [7, 11) is 0. The monoisotopic (exact) mass is 501 g/mol. The Labute approximate surface area is 214 Å². The second-order valence-corrected chi connectivity index (χ2v) is 10.4. The number of nitrogens with two attached hydrogens (primary N) is 2. The van der Waals surface area contributed by atoms with E-state index in [1.807, 2.05) is 17.0 Å². The van der Waals surface area contributed by atoms with Crippen molar-refractivity contribution in [3.05, 3.63) is 65.0 Å². The van der Waals surface area contributed by atoms with Gasteiger partial charge in [0.2, 0.25) is 0 Å². The predicted octanol–water partition coefficient (Wildman–Crippen LogP) is 0.574. The van der Waals surface area contributed by atoms with Gasteiger partial charge in [0.1, 0.15) is 23.4 Å². The molecule has 1 saturated heterocycles. The number of aromatic nitrogens is 1. The third kappa shape index (κ3) is 3.78. The third-order valence-electron chi connectivity index (χ3n) is 8.30. The van der Waals surface area contributed by atoms with Crippen LogP contribution in [-0.4, -0.2) is 74.8 Å². The number of aliphatic hydroxyl groups excluding tert-OH is 1. The van der Waals surface area contributed by atoms with E-state index in [-0.39, 0.29) is 37.0 Å². The van der Waals surface area contributed by atoms with Gasteiger partial charge in [-0.3, -0.25) is 19.6 Å². The van der Waals surface area contributed by atoms with Gasteiger partial charge in [0.05, 0.1) is 17.9 Å². The van der Waals surface area contributed by atoms with Crippen LogP contribution in [0.3, 0.4) is 0 Å². The number of amides is 1. The maximum Gasteiger partial charge on any atom is 0.251 e. The Morgan fingerprint density at radius 1 is 1.11 bits per heavy atom. The van der Waals surface area contributed by atoms with E-state index in [2.05, 4.69) is 26.4 Å². The van der Waals surface area contributed by atoms with Gasteiger partial charge in [-0.15, -0.1) is 0 Å². The highest BCUT2D eigenvalue weighted by atomic mass is 16.3. The fourth-order valence-corrected chi connectivity index (χ4v) is 6.62. The number of nitrogens with zero attached hydrogens (tertiary/aromatic N) is 4. The van der Waals surface area contributed by atoms with Crippen LogP contribution in [0.2, 0.25) is 0 Å². The molecule has 1 spiro atoms. The van der Waals surface area contributed by atoms with Gasteiger partial charge in [0, 0.05) is 31.1 Å². The van der Waals surface area contributed by atoms with Crippen molar-refractivity contribution in [2.45, 2.75) is 68.3 Å². The molecule has 3 aliphatic heterocycles. The van der Waals surface area contributed by atoms with Crippen LogP contribution in [0.4, 0.5) is 0 Å². The van der Waals surface area contributed by atoms with Gasteiger partial charge in [-0.1, -0.05) is 18.2 Å². The Bertz CT molecular complexity index is 1310. The van der Waals surface area contributed by atoms with Crippen LogP contribution in [0.1, 0.15) is 57.7 Å². The maximum absolute atomic E-state index is 13.4. The minimum absolute atomic E-state index is 0.0364. The van der Waals surface area contributed by atoms with Gasteiger partial charge < -0.3 is 26.8 Å². The van der Waals surface area contributed by atoms with E-state index in [1.54, 1.807) is 24.4 Å². The molecule has 4 heterocycles. The number of carbonyl (C=O) groups is 2. The van der Waals surface area contributed by atoms with Crippen LogP contribution in [0, 0.1) is 0 Å². The molecule has 5 atom stereocenters. The minimum Gasteiger partial charge on any atom is -0.388 e. The summed E-state index contributed by atoms with van der Waals surface area (Å²) < 4.78 is 0. The van der Waals surface area contributed by atoms with Crippen molar-refractivity contribution in [1.29, 1.82) is 0 Å². The number of aliphatic hydroxyl groups is 1. The normalized spacial score (nSPS) is 30.0. The Kier molecular flexibility index (Phi) is 5.71. The lowest BCUT2D eigenvalue weighted by atomic mass is 9.77. The van der Waals surface area contributed by atoms with Crippen molar-refractivity contribution in [2.24, 2.45) is 21.5 Å². The van der Waals surface area contributed by atoms with E-state index in [0.29, 0.717) is 17.1 Å². The number of ketones is 1. The number of hydrogen-bond acceptors (Lipinski definition) is 9. The lowest BCUT2D eigenvalue weighted by molar-refractivity contribution is 0.0275. The van der Waals surface area contributed by atoms with Crippen molar-refractivity contribution in [1.82, 2.24) is 15.2 Å². The second kappa shape index (κ2) is 8.95. The molecular weight excluding hydrogens is 470 g/mol. The van der Waals surface area contributed by atoms with Crippen LogP contribution < -0.4 is 16.8 Å². The Balaban J connectivity index is 1.27. The van der Waals surface area contributed by atoms with Crippen molar-refractivity contribution >= 4 is 23.5 Å². The molecule has 3 unspecified atom stereocenters. The van der Waals surface area contributed by atoms with Gasteiger partial charge in [-0.05, 0) is 55.0 Å². The van der Waals surface area contributed by atoms with E-state index in [9.17, 15) is 14.7 Å². The molecule has 10 heteroatoms. The number of aliphatic imine (C=N–C) groups is 2. The summed E-state index contributed by atoms with van der Waals surface area (Å²) >= 11 is 0. The number of fused-ring (bicyclic) bond motifs is 1. The number of Topliss-reactive ketones (excluding diaryl/α,β-unsaturated/α-hetero) is 1. The van der Waals surface area contributed by atoms with Gasteiger partial charge in [0.15, 0.2) is 11.7 Å². The first-order valence-electron chi connectivity index (χ1n) is 12.9. The van der Waals surface area contributed by atoms with Crippen LogP contribution >= 0.6 is 0 Å². The van der Waals surface area contributed by atoms with E-state index < -0.39 is 29.8 Å². The van der Waals surface area contributed by atoms with E-state index in [1.165, 1.54) is 5.56 Å². The number of carbonyl (C=O) groups excluding carboxylic acids is 2. The summed E-state index contributed by atoms with van der Waals surface area (Å²) in [6.07, 6.45) is 4.91. The molecule has 1 aliphatic carbocycles. The Morgan fingerprint density at radius 2 is 1.95 bits per heavy atom. The van der Waals surface area contributed by atoms with Crippen molar-refractivity contribution in [3.8, 4) is 0 Å². The van der Waals surface area contributed by atoms with Crippen LogP contribution in [0.5, 0.6) is 0 Å². The summed E-state index contributed by atoms with van der Waals surface area (Å²) in [5, 5.41) is 14.8. The Hall–Kier alpha value is -3.79. The molecule has 192 valence electrons. The lowest BCUT2D eigenvalue weighted by Gasteiger charge is -2.46. The number of aryl methyl sites for hydroxylation is 1. The molecule has 2 aromatic rings. The van der Waals surface area contributed by atoms with Gasteiger partial charge in [-0.2, -0.15) is 0 Å². The summed E-state index contributed by atoms with van der Waals surface area (Å²) in [4.78, 5) is 41.6. The zero-order chi connectivity index (χ0) is 25.7. The largest absolute Gasteiger partial charge is 0.388 e. The number of hydrogen-bond donors (Lipinski definition) is 4. The molecule has 1 fully saturated rings. The summed E-state index contributed by atoms with van der Waals surface area (Å²) in [5.41, 5.74) is 15.0. The summed E-state index contributed by atoms with van der Waals surface area (Å²) in [6, 6.07) is 9.23. The molecule has 6 rings (SSSR count). The molecule has 1 aromatic heterocycles. The van der Waals surface area contributed by atoms with E-state index in [4.69, 9.17) is 11.5 Å². The molecule has 10 nitrogen and oxygen atoms in total. The topological polar surface area (TPSA) is 159 Å². The second-order valence-electron chi connectivity index (χ2n) is 10.4. The van der Waals surface area contributed by atoms with Gasteiger partial charge in [-0.25, -0.2) is 4.99 Å². The number of benzene rings is 1. The highest BCUT2D eigenvalue weighted by Gasteiger charge is 2.65. The lowest BCUT2D eigenvalue weighted by Crippen LogP contribution is -2.66. The van der Waals surface area contributed by atoms with Gasteiger partial charge in [0.25, 0.3) is 5.91 Å². The van der Waals surface area contributed by atoms with Crippen molar-refractivity contribution in [3.63, 3.8) is 0 Å². The molecule has 0 saturated carbocycles. The average Bonchev–Trinajstić information content (AvgIpc) is 3.41. The van der Waals surface area contributed by atoms with Crippen molar-refractivity contribution in [2.75, 3.05) is 6.54 Å². The maximum atomic E-state index is 13.4. The predicted molar refractivity (Wildman–Crippen MR) is 138 cm³/mol. The standard InChI is InChI=1S/C27H31N7O3/c28-22-13-27-23(33-22)19(12-21(35)18-10-3-4-11-30-18)32-26(29)34(27)14-20(24(27)36)31-25(37)17-9-5-7-15-6-1-2-8-16(15)17/h3-5,7,9-11,19-20,23-24,36H,1-2,6,8,12-14H2,(H2,28,33)(H2,29,32)(H,31,37)/t19?,20?,23-,24?,27-/m0/s1. The van der Waals surface area contributed by atoms with Crippen molar-refractivity contribution < 1.29 is 14.7 Å². The molecule has 6 N–H and O–H groups in total.